The molecule has 0 N–H and O–H groups in total. The first-order chi connectivity index (χ1) is 53.1. The summed E-state index contributed by atoms with van der Waals surface area (Å²) in [6.07, 6.45) is 94.6. The van der Waals surface area contributed by atoms with Crippen LogP contribution in [0.1, 0.15) is 503 Å². The van der Waals surface area contributed by atoms with Crippen LogP contribution >= 0.6 is 0 Å². The summed E-state index contributed by atoms with van der Waals surface area (Å²) in [5.41, 5.74) is 0. The smallest absolute Gasteiger partial charge is 0.306 e. The predicted octanol–water partition coefficient (Wildman–Crippen LogP) is 29.6. The Morgan fingerprint density at radius 2 is 0.306 bits per heavy atom. The van der Waals surface area contributed by atoms with Gasteiger partial charge in [0.1, 0.15) is 26.4 Å². The van der Waals surface area contributed by atoms with E-state index in [9.17, 15) is 28.8 Å². The Morgan fingerprint density at radius 3 is 0.463 bits per heavy atom. The Morgan fingerprint density at radius 1 is 0.176 bits per heavy atom. The third kappa shape index (κ3) is 84.5. The van der Waals surface area contributed by atoms with E-state index < -0.39 is 12.2 Å². The molecular weight excluding hydrogens is 1350 g/mol. The normalized spacial score (nSPS) is 12.2. The van der Waals surface area contributed by atoms with Gasteiger partial charge < -0.3 is 28.4 Å². The van der Waals surface area contributed by atoms with Crippen LogP contribution in [0.25, 0.3) is 0 Å². The molecule has 0 bridgehead atoms. The maximum absolute atomic E-state index is 13.1. The maximum Gasteiger partial charge on any atom is 0.306 e. The Labute approximate surface area is 667 Å². The van der Waals surface area contributed by atoms with Gasteiger partial charge >= 0.3 is 35.8 Å². The number of rotatable bonds is 88. The summed E-state index contributed by atoms with van der Waals surface area (Å²) in [5, 5.41) is 0. The SMILES string of the molecule is CCCCCCCC/C=C\CCCCCCCC(=O)OCC(COC(=O)CCCCCCCCCCCCCCCCC)OC(=O)CCCCCCC/C=C/CCCCCCCC(=O)OC(COC(=O)CCCCCCC/C=C\CCCCCCCC)COC(=O)CCCCCCCCCCCCCCCCC. The minimum atomic E-state index is -0.824. The Kier molecular flexibility index (Phi) is 85.4. The van der Waals surface area contributed by atoms with Crippen molar-refractivity contribution in [3.63, 3.8) is 0 Å². The largest absolute Gasteiger partial charge is 0.462 e. The van der Waals surface area contributed by atoms with Crippen LogP contribution in [0.2, 0.25) is 0 Å². The summed E-state index contributed by atoms with van der Waals surface area (Å²) < 4.78 is 34.0. The molecule has 0 aliphatic heterocycles. The molecule has 0 spiro atoms. The first-order valence-corrected chi connectivity index (χ1v) is 47.1. The molecule has 2 atom stereocenters. The minimum absolute atomic E-state index is 0.111. The Balaban J connectivity index is 4.73. The van der Waals surface area contributed by atoms with Gasteiger partial charge in [-0.3, -0.25) is 28.8 Å². The lowest BCUT2D eigenvalue weighted by atomic mass is 10.0. The van der Waals surface area contributed by atoms with Gasteiger partial charge in [0.2, 0.25) is 0 Å². The average molecular weight is 1520 g/mol. The zero-order valence-corrected chi connectivity index (χ0v) is 71.7. The molecule has 0 heterocycles. The monoisotopic (exact) mass is 1520 g/mol. The van der Waals surface area contributed by atoms with Crippen molar-refractivity contribution in [2.75, 3.05) is 26.4 Å². The number of carbonyl (C=O) groups excluding carboxylic acids is 6. The highest BCUT2D eigenvalue weighted by atomic mass is 16.6. The molecule has 632 valence electrons. The van der Waals surface area contributed by atoms with Gasteiger partial charge in [-0.1, -0.05) is 385 Å². The predicted molar refractivity (Wildman–Crippen MR) is 455 cm³/mol. The molecule has 0 aliphatic rings. The second kappa shape index (κ2) is 88.6. The summed E-state index contributed by atoms with van der Waals surface area (Å²) in [6, 6.07) is 0. The Bertz CT molecular complexity index is 1890. The lowest BCUT2D eigenvalue weighted by Crippen LogP contribution is -2.30. The van der Waals surface area contributed by atoms with Crippen molar-refractivity contribution in [2.45, 2.75) is 515 Å². The van der Waals surface area contributed by atoms with Gasteiger partial charge in [0.15, 0.2) is 12.2 Å². The lowest BCUT2D eigenvalue weighted by Gasteiger charge is -2.18. The van der Waals surface area contributed by atoms with E-state index in [2.05, 4.69) is 64.2 Å². The van der Waals surface area contributed by atoms with Gasteiger partial charge in [-0.25, -0.2) is 0 Å². The van der Waals surface area contributed by atoms with E-state index in [4.69, 9.17) is 28.4 Å². The summed E-state index contributed by atoms with van der Waals surface area (Å²) in [5.74, 6) is -1.93. The van der Waals surface area contributed by atoms with Gasteiger partial charge in [0.25, 0.3) is 0 Å². The van der Waals surface area contributed by atoms with Crippen molar-refractivity contribution in [2.24, 2.45) is 0 Å². The molecule has 0 saturated heterocycles. The van der Waals surface area contributed by atoms with Crippen molar-refractivity contribution >= 4 is 35.8 Å². The van der Waals surface area contributed by atoms with Crippen LogP contribution in [-0.2, 0) is 57.2 Å². The fraction of sp³-hybridized carbons (Fsp3) is 0.875. The zero-order chi connectivity index (χ0) is 78.3. The average Bonchev–Trinajstić information content (AvgIpc) is 0.954. The van der Waals surface area contributed by atoms with E-state index in [-0.39, 0.29) is 75.1 Å². The van der Waals surface area contributed by atoms with Crippen LogP contribution in [0.5, 0.6) is 0 Å². The van der Waals surface area contributed by atoms with E-state index >= 15 is 0 Å². The number of ether oxygens (including phenoxy) is 6. The summed E-state index contributed by atoms with van der Waals surface area (Å²) in [6.45, 7) is 8.61. The summed E-state index contributed by atoms with van der Waals surface area (Å²) in [4.78, 5) is 77.4. The standard InChI is InChI=1S/C96H176O12/c1-5-9-13-17-21-25-29-33-37-43-49-55-61-67-73-79-91(97)103-85-89(86-104-92(98)80-74-68-62-56-50-44-38-34-30-26-22-18-14-10-6-2)107-95(101)83-77-71-65-59-53-47-41-42-48-54-60-66-72-78-84-96(102)108-90(87-105-93(99)81-75-69-63-57-51-45-39-35-31-27-23-19-15-11-7-3)88-106-94(100)82-76-70-64-58-52-46-40-36-32-28-24-20-16-12-8-4/h33,35,37,39,41-42,89-90H,5-32,34,36,38,40,43-88H2,1-4H3/b37-33-,39-35-,42-41+. The van der Waals surface area contributed by atoms with Gasteiger partial charge in [0.05, 0.1) is 0 Å². The maximum atomic E-state index is 13.1. The lowest BCUT2D eigenvalue weighted by molar-refractivity contribution is -0.167. The number of allylic oxidation sites excluding steroid dienone is 6. The van der Waals surface area contributed by atoms with Crippen LogP contribution in [0.4, 0.5) is 0 Å². The van der Waals surface area contributed by atoms with Crippen molar-refractivity contribution in [3.8, 4) is 0 Å². The fourth-order valence-electron chi connectivity index (χ4n) is 14.1. The molecule has 0 aliphatic carbocycles. The molecular formula is C96H176O12. The first-order valence-electron chi connectivity index (χ1n) is 47.1. The van der Waals surface area contributed by atoms with E-state index in [1.54, 1.807) is 0 Å². The summed E-state index contributed by atoms with van der Waals surface area (Å²) in [7, 11) is 0. The van der Waals surface area contributed by atoms with E-state index in [0.29, 0.717) is 38.5 Å². The molecule has 12 nitrogen and oxygen atoms in total. The van der Waals surface area contributed by atoms with Crippen LogP contribution in [-0.4, -0.2) is 74.5 Å². The molecule has 0 rings (SSSR count). The van der Waals surface area contributed by atoms with Crippen LogP contribution in [0, 0.1) is 0 Å². The molecule has 2 unspecified atom stereocenters. The Hall–Kier alpha value is -3.96. The molecule has 0 amide bonds. The second-order valence-corrected chi connectivity index (χ2v) is 32.1. The number of unbranched alkanes of at least 4 members (excludes halogenated alkanes) is 60. The van der Waals surface area contributed by atoms with Crippen molar-refractivity contribution < 1.29 is 57.2 Å². The number of carbonyl (C=O) groups is 6. The van der Waals surface area contributed by atoms with Crippen molar-refractivity contribution in [1.82, 2.24) is 0 Å². The van der Waals surface area contributed by atoms with E-state index in [1.807, 2.05) is 0 Å². The molecule has 108 heavy (non-hydrogen) atoms. The summed E-state index contributed by atoms with van der Waals surface area (Å²) >= 11 is 0. The van der Waals surface area contributed by atoms with Crippen molar-refractivity contribution in [1.29, 1.82) is 0 Å². The van der Waals surface area contributed by atoms with E-state index in [0.717, 1.165) is 167 Å². The molecule has 0 aromatic heterocycles. The van der Waals surface area contributed by atoms with Crippen LogP contribution < -0.4 is 0 Å². The third-order valence-corrected chi connectivity index (χ3v) is 21.2. The first kappa shape index (κ1) is 104. The molecule has 0 saturated carbocycles. The third-order valence-electron chi connectivity index (χ3n) is 21.2. The molecule has 0 radical (unpaired) electrons. The van der Waals surface area contributed by atoms with E-state index in [1.165, 1.54) is 257 Å². The second-order valence-electron chi connectivity index (χ2n) is 32.1. The van der Waals surface area contributed by atoms with Gasteiger partial charge in [0, 0.05) is 38.5 Å². The molecule has 0 fully saturated rings. The van der Waals surface area contributed by atoms with Crippen LogP contribution in [0.15, 0.2) is 36.5 Å². The molecule has 0 aromatic carbocycles. The van der Waals surface area contributed by atoms with Crippen LogP contribution in [0.3, 0.4) is 0 Å². The highest BCUT2D eigenvalue weighted by molar-refractivity contribution is 5.72. The van der Waals surface area contributed by atoms with Gasteiger partial charge in [-0.05, 0) is 116 Å². The highest BCUT2D eigenvalue weighted by Gasteiger charge is 2.22. The zero-order valence-electron chi connectivity index (χ0n) is 71.7. The van der Waals surface area contributed by atoms with Crippen molar-refractivity contribution in [3.05, 3.63) is 36.5 Å². The van der Waals surface area contributed by atoms with Gasteiger partial charge in [-0.15, -0.1) is 0 Å². The minimum Gasteiger partial charge on any atom is -0.462 e. The molecule has 0 aromatic rings. The fourth-order valence-corrected chi connectivity index (χ4v) is 14.1. The quantitative estimate of drug-likeness (QED) is 0.0246. The number of hydrogen-bond donors (Lipinski definition) is 0. The topological polar surface area (TPSA) is 158 Å². The number of hydrogen-bond acceptors (Lipinski definition) is 12. The number of esters is 6. The highest BCUT2D eigenvalue weighted by Crippen LogP contribution is 2.20. The van der Waals surface area contributed by atoms with Gasteiger partial charge in [-0.2, -0.15) is 0 Å². The molecule has 12 heteroatoms.